The quantitative estimate of drug-likeness (QED) is 0.714. The highest BCUT2D eigenvalue weighted by Gasteiger charge is 2.20. The van der Waals surface area contributed by atoms with Crippen molar-refractivity contribution in [3.63, 3.8) is 0 Å². The summed E-state index contributed by atoms with van der Waals surface area (Å²) in [5, 5.41) is 0. The van der Waals surface area contributed by atoms with Gasteiger partial charge in [0.15, 0.2) is 14.8 Å². The van der Waals surface area contributed by atoms with Crippen LogP contribution in [-0.2, 0) is 22.8 Å². The minimum atomic E-state index is -3.16. The first-order valence-electron chi connectivity index (χ1n) is 7.40. The summed E-state index contributed by atoms with van der Waals surface area (Å²) in [6, 6.07) is 6.93. The Morgan fingerprint density at radius 2 is 1.96 bits per heavy atom. The molecule has 0 atom stereocenters. The minimum Gasteiger partial charge on any atom is -0.301 e. The molecule has 1 aromatic carbocycles. The molecular weight excluding hydrogens is 330 g/mol. The summed E-state index contributed by atoms with van der Waals surface area (Å²) < 4.78 is 25.3. The lowest BCUT2D eigenvalue weighted by Crippen LogP contribution is -2.26. The molecule has 7 heteroatoms. The van der Waals surface area contributed by atoms with E-state index in [0.29, 0.717) is 4.90 Å². The van der Waals surface area contributed by atoms with E-state index in [1.807, 2.05) is 12.1 Å². The number of hydrogen-bond donors (Lipinski definition) is 0. The van der Waals surface area contributed by atoms with Crippen molar-refractivity contribution in [1.82, 2.24) is 14.3 Å². The Hall–Kier alpha value is -1.70. The van der Waals surface area contributed by atoms with Gasteiger partial charge in [-0.3, -0.25) is 4.40 Å². The fourth-order valence-electron chi connectivity index (χ4n) is 2.95. The molecule has 0 amide bonds. The zero-order chi connectivity index (χ0) is 16.2. The number of benzene rings is 1. The van der Waals surface area contributed by atoms with Crippen LogP contribution in [0.2, 0.25) is 0 Å². The first-order chi connectivity index (χ1) is 10.9. The summed E-state index contributed by atoms with van der Waals surface area (Å²) in [6.07, 6.45) is 4.32. The van der Waals surface area contributed by atoms with Crippen molar-refractivity contribution in [1.29, 1.82) is 0 Å². The Balaban J connectivity index is 1.74. The molecule has 0 unspecified atom stereocenters. The molecule has 120 valence electrons. The molecule has 0 spiro atoms. The average molecular weight is 347 g/mol. The Kier molecular flexibility index (Phi) is 3.33. The summed E-state index contributed by atoms with van der Waals surface area (Å²) in [7, 11) is -1.02. The van der Waals surface area contributed by atoms with E-state index in [-0.39, 0.29) is 0 Å². The molecule has 4 rings (SSSR count). The van der Waals surface area contributed by atoms with Crippen molar-refractivity contribution in [3.8, 4) is 11.3 Å². The van der Waals surface area contributed by atoms with Crippen LogP contribution in [0, 0.1) is 0 Å². The van der Waals surface area contributed by atoms with Gasteiger partial charge in [0.05, 0.1) is 10.6 Å². The van der Waals surface area contributed by atoms with E-state index in [1.165, 1.54) is 16.8 Å². The number of thiazole rings is 1. The average Bonchev–Trinajstić information content (AvgIpc) is 3.03. The maximum Gasteiger partial charge on any atom is 0.194 e. The van der Waals surface area contributed by atoms with Crippen molar-refractivity contribution in [2.75, 3.05) is 19.8 Å². The zero-order valence-corrected chi connectivity index (χ0v) is 14.6. The molecule has 0 N–H and O–H groups in total. The second-order valence-corrected chi connectivity index (χ2v) is 9.11. The van der Waals surface area contributed by atoms with Crippen molar-refractivity contribution >= 4 is 26.1 Å². The normalized spacial score (nSPS) is 15.9. The Bertz CT molecular complexity index is 984. The molecule has 23 heavy (non-hydrogen) atoms. The maximum atomic E-state index is 11.5. The Labute approximate surface area is 139 Å². The standard InChI is InChI=1S/C16H17N3O2S2/c1-18-8-7-14-15(10-18)22-16-17-13(9-19(14)16)11-3-5-12(6-4-11)23(2,20)21/h3-6,9H,7-8,10H2,1-2H3. The summed E-state index contributed by atoms with van der Waals surface area (Å²) >= 11 is 1.74. The van der Waals surface area contributed by atoms with Crippen LogP contribution >= 0.6 is 11.3 Å². The van der Waals surface area contributed by atoms with Crippen LogP contribution in [0.4, 0.5) is 0 Å². The van der Waals surface area contributed by atoms with E-state index in [2.05, 4.69) is 22.5 Å². The number of sulfone groups is 1. The van der Waals surface area contributed by atoms with Crippen LogP contribution in [-0.4, -0.2) is 42.6 Å². The van der Waals surface area contributed by atoms with Gasteiger partial charge in [0.25, 0.3) is 0 Å². The molecule has 1 aliphatic rings. The van der Waals surface area contributed by atoms with Gasteiger partial charge in [0, 0.05) is 48.1 Å². The molecule has 3 aromatic rings. The number of imidazole rings is 1. The molecule has 0 fully saturated rings. The van der Waals surface area contributed by atoms with E-state index >= 15 is 0 Å². The molecule has 0 radical (unpaired) electrons. The third-order valence-corrected chi connectivity index (χ3v) is 6.43. The van der Waals surface area contributed by atoms with Gasteiger partial charge in [-0.1, -0.05) is 23.5 Å². The highest BCUT2D eigenvalue weighted by Crippen LogP contribution is 2.31. The molecular formula is C16H17N3O2S2. The van der Waals surface area contributed by atoms with Crippen molar-refractivity contribution in [2.45, 2.75) is 17.9 Å². The summed E-state index contributed by atoms with van der Waals surface area (Å²) in [4.78, 5) is 9.77. The maximum absolute atomic E-state index is 11.5. The van der Waals surface area contributed by atoms with Gasteiger partial charge in [-0.2, -0.15) is 0 Å². The topological polar surface area (TPSA) is 54.7 Å². The van der Waals surface area contributed by atoms with Gasteiger partial charge in [-0.15, -0.1) is 0 Å². The monoisotopic (exact) mass is 347 g/mol. The van der Waals surface area contributed by atoms with Gasteiger partial charge < -0.3 is 4.90 Å². The van der Waals surface area contributed by atoms with Crippen LogP contribution in [0.1, 0.15) is 10.6 Å². The van der Waals surface area contributed by atoms with Gasteiger partial charge in [0.2, 0.25) is 0 Å². The van der Waals surface area contributed by atoms with Gasteiger partial charge in [0.1, 0.15) is 0 Å². The first kappa shape index (κ1) is 14.9. The predicted molar refractivity (Wildman–Crippen MR) is 91.7 cm³/mol. The van der Waals surface area contributed by atoms with E-state index in [1.54, 1.807) is 23.5 Å². The lowest BCUT2D eigenvalue weighted by molar-refractivity contribution is 0.314. The number of rotatable bonds is 2. The van der Waals surface area contributed by atoms with Gasteiger partial charge in [-0.25, -0.2) is 13.4 Å². The van der Waals surface area contributed by atoms with E-state index in [0.717, 1.165) is 35.7 Å². The third kappa shape index (κ3) is 2.58. The van der Waals surface area contributed by atoms with E-state index in [9.17, 15) is 8.42 Å². The van der Waals surface area contributed by atoms with Crippen molar-refractivity contribution in [3.05, 3.63) is 41.0 Å². The molecule has 0 aliphatic carbocycles. The van der Waals surface area contributed by atoms with Crippen molar-refractivity contribution < 1.29 is 8.42 Å². The molecule has 0 saturated heterocycles. The second kappa shape index (κ2) is 5.15. The van der Waals surface area contributed by atoms with Gasteiger partial charge >= 0.3 is 0 Å². The highest BCUT2D eigenvalue weighted by molar-refractivity contribution is 7.90. The molecule has 3 heterocycles. The van der Waals surface area contributed by atoms with E-state index in [4.69, 9.17) is 4.98 Å². The summed E-state index contributed by atoms with van der Waals surface area (Å²) in [6.45, 7) is 2.05. The third-order valence-electron chi connectivity index (χ3n) is 4.22. The molecule has 0 saturated carbocycles. The Morgan fingerprint density at radius 1 is 1.22 bits per heavy atom. The number of likely N-dealkylation sites (N-methyl/N-ethyl adjacent to an activating group) is 1. The summed E-state index contributed by atoms with van der Waals surface area (Å²) in [5.74, 6) is 0. The molecule has 5 nitrogen and oxygen atoms in total. The minimum absolute atomic E-state index is 0.336. The molecule has 1 aliphatic heterocycles. The largest absolute Gasteiger partial charge is 0.301 e. The van der Waals surface area contributed by atoms with Gasteiger partial charge in [-0.05, 0) is 19.2 Å². The lowest BCUT2D eigenvalue weighted by atomic mass is 10.1. The Morgan fingerprint density at radius 3 is 2.65 bits per heavy atom. The number of aromatic nitrogens is 2. The fraction of sp³-hybridized carbons (Fsp3) is 0.312. The number of fused-ring (bicyclic) bond motifs is 3. The number of nitrogens with zero attached hydrogens (tertiary/aromatic N) is 3. The van der Waals surface area contributed by atoms with Crippen LogP contribution in [0.5, 0.6) is 0 Å². The van der Waals surface area contributed by atoms with Crippen LogP contribution in [0.25, 0.3) is 16.2 Å². The zero-order valence-electron chi connectivity index (χ0n) is 13.0. The summed E-state index contributed by atoms with van der Waals surface area (Å²) in [5.41, 5.74) is 3.18. The predicted octanol–water partition coefficient (Wildman–Crippen LogP) is 2.45. The lowest BCUT2D eigenvalue weighted by Gasteiger charge is -2.21. The fourth-order valence-corrected chi connectivity index (χ4v) is 4.81. The highest BCUT2D eigenvalue weighted by atomic mass is 32.2. The molecule has 2 aromatic heterocycles. The van der Waals surface area contributed by atoms with Crippen LogP contribution in [0.15, 0.2) is 35.4 Å². The van der Waals surface area contributed by atoms with Crippen LogP contribution < -0.4 is 0 Å². The van der Waals surface area contributed by atoms with E-state index < -0.39 is 9.84 Å². The smallest absolute Gasteiger partial charge is 0.194 e. The first-order valence-corrected chi connectivity index (χ1v) is 10.1. The second-order valence-electron chi connectivity index (χ2n) is 6.03. The SMILES string of the molecule is CN1CCc2c(sc3nc(-c4ccc(S(C)(=O)=O)cc4)cn23)C1. The molecule has 0 bridgehead atoms. The van der Waals surface area contributed by atoms with Crippen molar-refractivity contribution in [2.24, 2.45) is 0 Å². The number of hydrogen-bond acceptors (Lipinski definition) is 5. The van der Waals surface area contributed by atoms with Crippen LogP contribution in [0.3, 0.4) is 0 Å².